The molecular formula is C15H12BrF3N4O3S. The fourth-order valence-electron chi connectivity index (χ4n) is 1.90. The minimum atomic E-state index is -6.09. The maximum atomic E-state index is 10.7. The van der Waals surface area contributed by atoms with Crippen LogP contribution in [-0.2, 0) is 17.2 Å². The maximum Gasteiger partial charge on any atom is 0.485 e. The van der Waals surface area contributed by atoms with E-state index >= 15 is 0 Å². The number of benzene rings is 1. The largest absolute Gasteiger partial charge is 0.741 e. The quantitative estimate of drug-likeness (QED) is 0.330. The second kappa shape index (κ2) is 8.15. The maximum absolute atomic E-state index is 10.7. The molecule has 144 valence electrons. The summed E-state index contributed by atoms with van der Waals surface area (Å²) in [6, 6.07) is 13.9. The van der Waals surface area contributed by atoms with Gasteiger partial charge in [-0.1, -0.05) is 34.1 Å². The van der Waals surface area contributed by atoms with Crippen molar-refractivity contribution in [3.63, 3.8) is 0 Å². The van der Waals surface area contributed by atoms with Crippen molar-refractivity contribution in [1.82, 2.24) is 14.9 Å². The first-order chi connectivity index (χ1) is 12.5. The van der Waals surface area contributed by atoms with Gasteiger partial charge >= 0.3 is 5.51 Å². The Morgan fingerprint density at radius 3 is 2.22 bits per heavy atom. The highest BCUT2D eigenvalue weighted by molar-refractivity contribution is 9.10. The van der Waals surface area contributed by atoms with E-state index in [1.54, 1.807) is 10.9 Å². The van der Waals surface area contributed by atoms with Crippen molar-refractivity contribution in [1.29, 1.82) is 0 Å². The van der Waals surface area contributed by atoms with E-state index in [-0.39, 0.29) is 0 Å². The van der Waals surface area contributed by atoms with Crippen LogP contribution in [0.4, 0.5) is 13.2 Å². The zero-order valence-corrected chi connectivity index (χ0v) is 16.0. The molecule has 1 aromatic carbocycles. The molecule has 0 aliphatic carbocycles. The Morgan fingerprint density at radius 1 is 1.15 bits per heavy atom. The lowest BCUT2D eigenvalue weighted by Gasteiger charge is -2.08. The smallest absolute Gasteiger partial charge is 0.485 e. The van der Waals surface area contributed by atoms with E-state index in [0.29, 0.717) is 0 Å². The van der Waals surface area contributed by atoms with Crippen LogP contribution in [0.2, 0.25) is 0 Å². The van der Waals surface area contributed by atoms with Crippen LogP contribution in [0.25, 0.3) is 17.1 Å². The fourth-order valence-corrected chi connectivity index (χ4v) is 2.17. The summed E-state index contributed by atoms with van der Waals surface area (Å²) >= 11 is 3.44. The molecule has 0 spiro atoms. The Hall–Kier alpha value is -2.31. The van der Waals surface area contributed by atoms with Crippen molar-refractivity contribution in [2.75, 3.05) is 0 Å². The summed E-state index contributed by atoms with van der Waals surface area (Å²) in [6.07, 6.45) is 3.74. The van der Waals surface area contributed by atoms with Gasteiger partial charge in [0.05, 0.1) is 7.05 Å². The van der Waals surface area contributed by atoms with Crippen molar-refractivity contribution < 1.29 is 30.8 Å². The molecule has 0 fully saturated rings. The van der Waals surface area contributed by atoms with Crippen LogP contribution in [0.5, 0.6) is 0 Å². The molecular weight excluding hydrogens is 453 g/mol. The third-order valence-electron chi connectivity index (χ3n) is 3.13. The summed E-state index contributed by atoms with van der Waals surface area (Å²) in [4.78, 5) is 4.29. The van der Waals surface area contributed by atoms with E-state index in [9.17, 15) is 13.2 Å². The molecule has 0 unspecified atom stereocenters. The zero-order chi connectivity index (χ0) is 20.2. The second-order valence-corrected chi connectivity index (χ2v) is 7.35. The summed E-state index contributed by atoms with van der Waals surface area (Å²) in [5, 5.41) is 4.44. The summed E-state index contributed by atoms with van der Waals surface area (Å²) in [5.41, 5.74) is -3.49. The van der Waals surface area contributed by atoms with Gasteiger partial charge in [-0.25, -0.2) is 8.42 Å². The lowest BCUT2D eigenvalue weighted by atomic mass is 10.2. The van der Waals surface area contributed by atoms with Crippen LogP contribution in [0, 0.1) is 0 Å². The summed E-state index contributed by atoms with van der Waals surface area (Å²) in [6.45, 7) is 0. The van der Waals surface area contributed by atoms with E-state index in [1.165, 1.54) is 0 Å². The Kier molecular flexibility index (Phi) is 6.34. The molecule has 2 aromatic heterocycles. The molecule has 0 amide bonds. The van der Waals surface area contributed by atoms with Gasteiger partial charge in [0, 0.05) is 21.3 Å². The molecule has 7 nitrogen and oxygen atoms in total. The fraction of sp³-hybridized carbons (Fsp3) is 0.133. The molecule has 0 aliphatic rings. The highest BCUT2D eigenvalue weighted by atomic mass is 79.9. The number of aromatic nitrogens is 4. The van der Waals surface area contributed by atoms with Crippen molar-refractivity contribution in [3.8, 4) is 17.1 Å². The number of halogens is 4. The van der Waals surface area contributed by atoms with E-state index in [1.807, 2.05) is 48.3 Å². The highest BCUT2D eigenvalue weighted by Crippen LogP contribution is 2.21. The average molecular weight is 465 g/mol. The molecule has 12 heteroatoms. The monoisotopic (exact) mass is 464 g/mol. The lowest BCUT2D eigenvalue weighted by Crippen LogP contribution is -2.33. The Morgan fingerprint density at radius 2 is 1.74 bits per heavy atom. The minimum absolute atomic E-state index is 0.807. The topological polar surface area (TPSA) is 91.8 Å². The van der Waals surface area contributed by atoms with Crippen LogP contribution in [-0.4, -0.2) is 33.4 Å². The van der Waals surface area contributed by atoms with Gasteiger partial charge in [0.15, 0.2) is 15.8 Å². The normalized spacial score (nSPS) is 11.6. The van der Waals surface area contributed by atoms with E-state index in [4.69, 9.17) is 13.0 Å². The average Bonchev–Trinajstić information content (AvgIpc) is 2.97. The predicted molar refractivity (Wildman–Crippen MR) is 91.4 cm³/mol. The number of hydrogen-bond acceptors (Lipinski definition) is 5. The highest BCUT2D eigenvalue weighted by Gasteiger charge is 2.36. The van der Waals surface area contributed by atoms with Gasteiger partial charge in [-0.2, -0.15) is 17.9 Å². The van der Waals surface area contributed by atoms with Gasteiger partial charge in [-0.3, -0.25) is 0 Å². The lowest BCUT2D eigenvalue weighted by molar-refractivity contribution is -0.664. The predicted octanol–water partition coefficient (Wildman–Crippen LogP) is 2.57. The van der Waals surface area contributed by atoms with Crippen molar-refractivity contribution in [2.45, 2.75) is 5.51 Å². The molecule has 0 bridgehead atoms. The van der Waals surface area contributed by atoms with Gasteiger partial charge in [0.2, 0.25) is 0 Å². The SMILES string of the molecule is Cn1n[n+](-c2ccccn2)cc1-c1ccc(Br)cc1.O=S(=O)([O-])C(F)(F)F. The molecule has 2 heterocycles. The van der Waals surface area contributed by atoms with Gasteiger partial charge in [-0.15, -0.1) is 9.67 Å². The van der Waals surface area contributed by atoms with Gasteiger partial charge in [-0.05, 0) is 18.2 Å². The van der Waals surface area contributed by atoms with E-state index in [2.05, 4.69) is 38.3 Å². The standard InChI is InChI=1S/C14H12BrN4.CHF3O3S/c1-18-13(11-5-7-12(15)8-6-11)10-19(17-18)14-4-2-3-9-16-14;2-1(3,4)8(5,6)7/h2-10H,1H3;(H,5,6,7)/q+1;/p-1. The van der Waals surface area contributed by atoms with Gasteiger partial charge in [0.1, 0.15) is 12.4 Å². The van der Waals surface area contributed by atoms with Crippen LogP contribution in [0.15, 0.2) is 59.3 Å². The Balaban J connectivity index is 0.000000279. The van der Waals surface area contributed by atoms with Gasteiger partial charge < -0.3 is 4.55 Å². The number of aryl methyl sites for hydroxylation is 1. The summed E-state index contributed by atoms with van der Waals surface area (Å²) in [7, 11) is -4.16. The molecule has 0 atom stereocenters. The molecule has 0 saturated carbocycles. The number of alkyl halides is 3. The van der Waals surface area contributed by atoms with Crippen molar-refractivity contribution >= 4 is 26.0 Å². The van der Waals surface area contributed by atoms with Gasteiger partial charge in [0.25, 0.3) is 5.82 Å². The zero-order valence-electron chi connectivity index (χ0n) is 13.6. The number of pyridine rings is 1. The number of nitrogens with zero attached hydrogens (tertiary/aromatic N) is 4. The third-order valence-corrected chi connectivity index (χ3v) is 4.23. The van der Waals surface area contributed by atoms with Crippen LogP contribution in [0.1, 0.15) is 0 Å². The summed E-state index contributed by atoms with van der Waals surface area (Å²) in [5.74, 6) is 0.807. The number of hydrogen-bond donors (Lipinski definition) is 0. The van der Waals surface area contributed by atoms with Crippen LogP contribution < -0.4 is 4.68 Å². The molecule has 0 aliphatic heterocycles. The molecule has 3 aromatic rings. The first kappa shape index (κ1) is 21.0. The van der Waals surface area contributed by atoms with Crippen molar-refractivity contribution in [2.24, 2.45) is 7.05 Å². The van der Waals surface area contributed by atoms with Crippen LogP contribution in [0.3, 0.4) is 0 Å². The van der Waals surface area contributed by atoms with E-state index < -0.39 is 15.6 Å². The van der Waals surface area contributed by atoms with Crippen molar-refractivity contribution in [3.05, 3.63) is 59.3 Å². The molecule has 0 N–H and O–H groups in total. The number of rotatable bonds is 2. The first-order valence-corrected chi connectivity index (χ1v) is 9.34. The van der Waals surface area contributed by atoms with Crippen LogP contribution >= 0.6 is 15.9 Å². The molecule has 27 heavy (non-hydrogen) atoms. The molecule has 3 rings (SSSR count). The minimum Gasteiger partial charge on any atom is -0.741 e. The first-order valence-electron chi connectivity index (χ1n) is 7.14. The molecule has 0 saturated heterocycles. The third kappa shape index (κ3) is 5.58. The van der Waals surface area contributed by atoms with E-state index in [0.717, 1.165) is 21.5 Å². The Bertz CT molecular complexity index is 1010. The second-order valence-electron chi connectivity index (χ2n) is 5.07. The molecule has 0 radical (unpaired) electrons. The summed E-state index contributed by atoms with van der Waals surface area (Å²) < 4.78 is 63.6. The Labute approximate surface area is 160 Å².